The van der Waals surface area contributed by atoms with Crippen LogP contribution in [0.4, 0.5) is 5.69 Å². The van der Waals surface area contributed by atoms with Gasteiger partial charge in [-0.2, -0.15) is 11.8 Å². The van der Waals surface area contributed by atoms with Crippen molar-refractivity contribution in [1.82, 2.24) is 0 Å². The molecule has 0 spiro atoms. The Labute approximate surface area is 112 Å². The van der Waals surface area contributed by atoms with Crippen molar-refractivity contribution in [3.63, 3.8) is 0 Å². The number of ether oxygens (including phenoxy) is 1. The molecule has 2 N–H and O–H groups in total. The number of methoxy groups -OCH3 is 1. The zero-order chi connectivity index (χ0) is 13.4. The molecule has 1 rings (SSSR count). The Morgan fingerprint density at radius 2 is 2.33 bits per heavy atom. The molecule has 1 unspecified atom stereocenters. The molecule has 0 aliphatic heterocycles. The van der Waals surface area contributed by atoms with Crippen LogP contribution in [0.1, 0.15) is 6.92 Å². The van der Waals surface area contributed by atoms with Crippen LogP contribution in [0.5, 0.6) is 5.75 Å². The number of aliphatic hydroxyl groups is 1. The second kappa shape index (κ2) is 8.00. The van der Waals surface area contributed by atoms with E-state index in [4.69, 9.17) is 9.84 Å². The summed E-state index contributed by atoms with van der Waals surface area (Å²) in [7, 11) is 1.59. The van der Waals surface area contributed by atoms with Crippen molar-refractivity contribution >= 4 is 23.4 Å². The summed E-state index contributed by atoms with van der Waals surface area (Å²) in [6, 6.07) is 7.25. The average Bonchev–Trinajstić information content (AvgIpc) is 2.38. The smallest absolute Gasteiger partial charge is 0.234 e. The van der Waals surface area contributed by atoms with Crippen LogP contribution in [-0.2, 0) is 4.79 Å². The second-order valence-electron chi connectivity index (χ2n) is 4.08. The lowest BCUT2D eigenvalue weighted by Gasteiger charge is -2.08. The van der Waals surface area contributed by atoms with E-state index in [0.717, 1.165) is 11.4 Å². The monoisotopic (exact) mass is 269 g/mol. The normalized spacial score (nSPS) is 11.9. The van der Waals surface area contributed by atoms with Gasteiger partial charge in [0.2, 0.25) is 5.91 Å². The topological polar surface area (TPSA) is 58.6 Å². The minimum absolute atomic E-state index is 0.0432. The lowest BCUT2D eigenvalue weighted by atomic mass is 10.2. The lowest BCUT2D eigenvalue weighted by Crippen LogP contribution is -2.15. The van der Waals surface area contributed by atoms with Crippen LogP contribution >= 0.6 is 11.8 Å². The van der Waals surface area contributed by atoms with Gasteiger partial charge in [-0.25, -0.2) is 0 Å². The second-order valence-corrected chi connectivity index (χ2v) is 5.11. The number of carbonyl (C=O) groups is 1. The molecule has 5 heteroatoms. The van der Waals surface area contributed by atoms with Crippen molar-refractivity contribution in [3.8, 4) is 5.75 Å². The van der Waals surface area contributed by atoms with E-state index in [2.05, 4.69) is 5.32 Å². The van der Waals surface area contributed by atoms with Gasteiger partial charge in [-0.1, -0.05) is 13.0 Å². The molecule has 0 saturated heterocycles. The first-order valence-corrected chi connectivity index (χ1v) is 6.93. The van der Waals surface area contributed by atoms with E-state index >= 15 is 0 Å². The van der Waals surface area contributed by atoms with E-state index in [1.165, 1.54) is 11.8 Å². The van der Waals surface area contributed by atoms with Gasteiger partial charge < -0.3 is 15.2 Å². The van der Waals surface area contributed by atoms with Gasteiger partial charge in [0.25, 0.3) is 0 Å². The number of carbonyl (C=O) groups excluding carboxylic acids is 1. The number of thioether (sulfide) groups is 1. The van der Waals surface area contributed by atoms with E-state index in [0.29, 0.717) is 11.5 Å². The van der Waals surface area contributed by atoms with Crippen molar-refractivity contribution < 1.29 is 14.6 Å². The summed E-state index contributed by atoms with van der Waals surface area (Å²) in [5, 5.41) is 11.7. The highest BCUT2D eigenvalue weighted by Crippen LogP contribution is 2.17. The summed E-state index contributed by atoms with van der Waals surface area (Å²) < 4.78 is 5.08. The Balaban J connectivity index is 2.35. The highest BCUT2D eigenvalue weighted by molar-refractivity contribution is 7.99. The van der Waals surface area contributed by atoms with Crippen LogP contribution in [0, 0.1) is 5.92 Å². The van der Waals surface area contributed by atoms with Gasteiger partial charge in [0, 0.05) is 18.4 Å². The number of amides is 1. The molecule has 0 aliphatic carbocycles. The minimum Gasteiger partial charge on any atom is -0.497 e. The van der Waals surface area contributed by atoms with Gasteiger partial charge in [-0.05, 0) is 23.8 Å². The fourth-order valence-electron chi connectivity index (χ4n) is 1.30. The quantitative estimate of drug-likeness (QED) is 0.795. The molecule has 100 valence electrons. The molecule has 0 aromatic heterocycles. The Hall–Kier alpha value is -1.20. The first-order valence-electron chi connectivity index (χ1n) is 5.78. The molecule has 0 saturated carbocycles. The Morgan fingerprint density at radius 1 is 1.56 bits per heavy atom. The number of hydrogen-bond acceptors (Lipinski definition) is 4. The minimum atomic E-state index is -0.0432. The fourth-order valence-corrected chi connectivity index (χ4v) is 2.19. The van der Waals surface area contributed by atoms with E-state index < -0.39 is 0 Å². The van der Waals surface area contributed by atoms with Crippen molar-refractivity contribution in [1.29, 1.82) is 0 Å². The molecule has 1 atom stereocenters. The summed E-state index contributed by atoms with van der Waals surface area (Å²) in [5.41, 5.74) is 0.732. The van der Waals surface area contributed by atoms with Gasteiger partial charge >= 0.3 is 0 Å². The van der Waals surface area contributed by atoms with Crippen molar-refractivity contribution in [3.05, 3.63) is 24.3 Å². The average molecular weight is 269 g/mol. The molecule has 1 aromatic carbocycles. The van der Waals surface area contributed by atoms with E-state index in [1.54, 1.807) is 13.2 Å². The maximum atomic E-state index is 11.6. The molecule has 4 nitrogen and oxygen atoms in total. The Kier molecular flexibility index (Phi) is 6.60. The molecule has 0 fully saturated rings. The highest BCUT2D eigenvalue weighted by atomic mass is 32.2. The largest absolute Gasteiger partial charge is 0.497 e. The number of nitrogens with one attached hydrogen (secondary N) is 1. The van der Waals surface area contributed by atoms with Crippen molar-refractivity contribution in [2.45, 2.75) is 6.92 Å². The first-order chi connectivity index (χ1) is 8.65. The summed E-state index contributed by atoms with van der Waals surface area (Å²) >= 11 is 1.52. The maximum absolute atomic E-state index is 11.6. The standard InChI is InChI=1S/C13H19NO3S/c1-10(7-15)8-18-9-13(16)14-11-4-3-5-12(6-11)17-2/h3-6,10,15H,7-9H2,1-2H3,(H,14,16). The molecule has 0 aliphatic rings. The van der Waals surface area contributed by atoms with Crippen LogP contribution in [-0.4, -0.2) is 36.2 Å². The molecule has 18 heavy (non-hydrogen) atoms. The highest BCUT2D eigenvalue weighted by Gasteiger charge is 2.05. The van der Waals surface area contributed by atoms with Gasteiger partial charge in [-0.15, -0.1) is 0 Å². The molecule has 1 aromatic rings. The van der Waals surface area contributed by atoms with E-state index in [9.17, 15) is 4.79 Å². The van der Waals surface area contributed by atoms with E-state index in [-0.39, 0.29) is 18.4 Å². The predicted octanol–water partition coefficient (Wildman–Crippen LogP) is 2.00. The summed E-state index contributed by atoms with van der Waals surface area (Å²) in [5.74, 6) is 2.07. The predicted molar refractivity (Wildman–Crippen MR) is 75.2 cm³/mol. The maximum Gasteiger partial charge on any atom is 0.234 e. The number of hydrogen-bond donors (Lipinski definition) is 2. The van der Waals surface area contributed by atoms with Gasteiger partial charge in [0.15, 0.2) is 0 Å². The zero-order valence-electron chi connectivity index (χ0n) is 10.7. The third-order valence-electron chi connectivity index (χ3n) is 2.30. The van der Waals surface area contributed by atoms with Crippen molar-refractivity contribution in [2.24, 2.45) is 5.92 Å². The summed E-state index contributed by atoms with van der Waals surface area (Å²) in [4.78, 5) is 11.6. The Morgan fingerprint density at radius 3 is 3.00 bits per heavy atom. The number of aliphatic hydroxyl groups excluding tert-OH is 1. The molecule has 0 radical (unpaired) electrons. The van der Waals surface area contributed by atoms with Gasteiger partial charge in [-0.3, -0.25) is 4.79 Å². The fraction of sp³-hybridized carbons (Fsp3) is 0.462. The lowest BCUT2D eigenvalue weighted by molar-refractivity contribution is -0.113. The number of rotatable bonds is 7. The van der Waals surface area contributed by atoms with Crippen LogP contribution in [0.25, 0.3) is 0 Å². The number of anilines is 1. The third-order valence-corrected chi connectivity index (χ3v) is 3.57. The third kappa shape index (κ3) is 5.42. The molecule has 1 amide bonds. The van der Waals surface area contributed by atoms with Crippen LogP contribution in [0.15, 0.2) is 24.3 Å². The molecular formula is C13H19NO3S. The first kappa shape index (κ1) is 14.9. The summed E-state index contributed by atoms with van der Waals surface area (Å²) in [6.45, 7) is 2.11. The molecule has 0 bridgehead atoms. The SMILES string of the molecule is COc1cccc(NC(=O)CSCC(C)CO)c1. The van der Waals surface area contributed by atoms with Gasteiger partial charge in [0.05, 0.1) is 12.9 Å². The molecular weight excluding hydrogens is 250 g/mol. The van der Waals surface area contributed by atoms with Crippen LogP contribution in [0.2, 0.25) is 0 Å². The van der Waals surface area contributed by atoms with E-state index in [1.807, 2.05) is 25.1 Å². The van der Waals surface area contributed by atoms with Crippen LogP contribution < -0.4 is 10.1 Å². The van der Waals surface area contributed by atoms with Crippen LogP contribution in [0.3, 0.4) is 0 Å². The van der Waals surface area contributed by atoms with Gasteiger partial charge in [0.1, 0.15) is 5.75 Å². The zero-order valence-corrected chi connectivity index (χ0v) is 11.5. The number of benzene rings is 1. The molecule has 0 heterocycles. The Bertz CT molecular complexity index is 384. The summed E-state index contributed by atoms with van der Waals surface area (Å²) in [6.07, 6.45) is 0. The van der Waals surface area contributed by atoms with Crippen molar-refractivity contribution in [2.75, 3.05) is 30.5 Å².